The van der Waals surface area contributed by atoms with E-state index in [0.717, 1.165) is 5.76 Å². The predicted molar refractivity (Wildman–Crippen MR) is 47.4 cm³/mol. The van der Waals surface area contributed by atoms with E-state index in [2.05, 4.69) is 5.48 Å². The van der Waals surface area contributed by atoms with Gasteiger partial charge in [-0.05, 0) is 26.0 Å². The fraction of sp³-hybridized carbons (Fsp3) is 0.556. The van der Waals surface area contributed by atoms with Gasteiger partial charge in [0.1, 0.15) is 18.1 Å². The summed E-state index contributed by atoms with van der Waals surface area (Å²) in [7, 11) is 0. The molecule has 2 N–H and O–H groups in total. The smallest absolute Gasteiger partial charge is 0.129 e. The van der Waals surface area contributed by atoms with Gasteiger partial charge in [-0.2, -0.15) is 5.48 Å². The molecule has 0 saturated carbocycles. The quantitative estimate of drug-likeness (QED) is 0.687. The van der Waals surface area contributed by atoms with E-state index in [1.807, 2.05) is 26.0 Å². The molecule has 0 aliphatic heterocycles. The summed E-state index contributed by atoms with van der Waals surface area (Å²) in [5.41, 5.74) is 2.12. The molecule has 4 nitrogen and oxygen atoms in total. The summed E-state index contributed by atoms with van der Waals surface area (Å²) in [5, 5.41) is 8.63. The fourth-order valence-corrected chi connectivity index (χ4v) is 0.971. The molecule has 1 unspecified atom stereocenters. The van der Waals surface area contributed by atoms with Gasteiger partial charge in [-0.3, -0.25) is 0 Å². The first-order chi connectivity index (χ1) is 6.27. The van der Waals surface area contributed by atoms with Crippen LogP contribution in [0.25, 0.3) is 0 Å². The van der Waals surface area contributed by atoms with E-state index < -0.39 is 0 Å². The third-order valence-corrected chi connectivity index (χ3v) is 1.75. The van der Waals surface area contributed by atoms with Crippen LogP contribution in [0.4, 0.5) is 0 Å². The Morgan fingerprint density at radius 2 is 2.38 bits per heavy atom. The molecule has 0 aromatic carbocycles. The molecule has 13 heavy (non-hydrogen) atoms. The highest BCUT2D eigenvalue weighted by Crippen LogP contribution is 2.15. The third-order valence-electron chi connectivity index (χ3n) is 1.75. The maximum atomic E-state index is 8.63. The minimum Gasteiger partial charge on any atom is -0.462 e. The summed E-state index contributed by atoms with van der Waals surface area (Å²) in [6.45, 7) is 4.89. The number of hydrogen-bond donors (Lipinski definition) is 2. The maximum Gasteiger partial charge on any atom is 0.129 e. The Balaban J connectivity index is 2.53. The van der Waals surface area contributed by atoms with E-state index in [4.69, 9.17) is 14.4 Å². The molecule has 1 rings (SSSR count). The summed E-state index contributed by atoms with van der Waals surface area (Å²) in [6.07, 6.45) is 0. The molecule has 1 heterocycles. The first-order valence-corrected chi connectivity index (χ1v) is 4.34. The molecule has 1 aromatic rings. The maximum absolute atomic E-state index is 8.63. The van der Waals surface area contributed by atoms with E-state index in [-0.39, 0.29) is 6.04 Å². The lowest BCUT2D eigenvalue weighted by Gasteiger charge is -2.04. The molecule has 0 bridgehead atoms. The van der Waals surface area contributed by atoms with Gasteiger partial charge >= 0.3 is 0 Å². The highest BCUT2D eigenvalue weighted by atomic mass is 16.5. The largest absolute Gasteiger partial charge is 0.462 e. The van der Waals surface area contributed by atoms with Gasteiger partial charge in [-0.25, -0.2) is 0 Å². The molecule has 0 saturated heterocycles. The molecule has 0 spiro atoms. The van der Waals surface area contributed by atoms with Gasteiger partial charge in [0.25, 0.3) is 0 Å². The van der Waals surface area contributed by atoms with Crippen molar-refractivity contribution in [1.82, 2.24) is 5.48 Å². The van der Waals surface area contributed by atoms with Gasteiger partial charge in [0.15, 0.2) is 0 Å². The van der Waals surface area contributed by atoms with Gasteiger partial charge in [-0.15, -0.1) is 0 Å². The Hall–Kier alpha value is -0.840. The molecule has 0 amide bonds. The zero-order valence-corrected chi connectivity index (χ0v) is 7.91. The van der Waals surface area contributed by atoms with Crippen molar-refractivity contribution in [2.45, 2.75) is 26.5 Å². The van der Waals surface area contributed by atoms with Crippen molar-refractivity contribution in [3.05, 3.63) is 23.7 Å². The first-order valence-electron chi connectivity index (χ1n) is 4.34. The van der Waals surface area contributed by atoms with Crippen molar-refractivity contribution in [3.8, 4) is 0 Å². The average Bonchev–Trinajstić information content (AvgIpc) is 2.62. The van der Waals surface area contributed by atoms with Crippen molar-refractivity contribution in [3.63, 3.8) is 0 Å². The van der Waals surface area contributed by atoms with E-state index in [1.54, 1.807) is 0 Å². The van der Waals surface area contributed by atoms with Crippen molar-refractivity contribution in [2.24, 2.45) is 0 Å². The molecular formula is C9H15NO3. The summed E-state index contributed by atoms with van der Waals surface area (Å²) < 4.78 is 10.6. The molecular weight excluding hydrogens is 170 g/mol. The summed E-state index contributed by atoms with van der Waals surface area (Å²) in [5.74, 6) is 1.48. The Bertz CT molecular complexity index is 247. The first kappa shape index (κ1) is 10.2. The number of hydroxylamine groups is 1. The van der Waals surface area contributed by atoms with Crippen molar-refractivity contribution >= 4 is 0 Å². The van der Waals surface area contributed by atoms with Gasteiger partial charge in [0.05, 0.1) is 6.04 Å². The molecule has 1 atom stereocenters. The highest BCUT2D eigenvalue weighted by molar-refractivity contribution is 5.09. The standard InChI is InChI=1S/C9H15NO3/c1-3-12-6-8-4-5-9(13-8)7(2)10-11/h4-5,7,10-11H,3,6H2,1-2H3. The number of rotatable bonds is 5. The molecule has 4 heteroatoms. The normalized spacial score (nSPS) is 13.2. The molecule has 74 valence electrons. The van der Waals surface area contributed by atoms with Crippen LogP contribution in [0.3, 0.4) is 0 Å². The van der Waals surface area contributed by atoms with Crippen LogP contribution in [0.5, 0.6) is 0 Å². The lowest BCUT2D eigenvalue weighted by Crippen LogP contribution is -2.12. The van der Waals surface area contributed by atoms with Crippen LogP contribution in [-0.4, -0.2) is 11.8 Å². The van der Waals surface area contributed by atoms with Crippen LogP contribution in [0, 0.1) is 0 Å². The topological polar surface area (TPSA) is 54.6 Å². The summed E-state index contributed by atoms with van der Waals surface area (Å²) in [6, 6.07) is 3.48. The predicted octanol–water partition coefficient (Wildman–Crippen LogP) is 1.86. The summed E-state index contributed by atoms with van der Waals surface area (Å²) in [4.78, 5) is 0. The second-order valence-electron chi connectivity index (χ2n) is 2.79. The molecule has 0 aliphatic carbocycles. The van der Waals surface area contributed by atoms with E-state index in [0.29, 0.717) is 19.0 Å². The number of nitrogens with one attached hydrogen (secondary N) is 1. The second-order valence-corrected chi connectivity index (χ2v) is 2.79. The zero-order valence-electron chi connectivity index (χ0n) is 7.91. The van der Waals surface area contributed by atoms with Gasteiger partial charge in [0, 0.05) is 6.61 Å². The number of furan rings is 1. The SMILES string of the molecule is CCOCc1ccc(C(C)NO)o1. The average molecular weight is 185 g/mol. The van der Waals surface area contributed by atoms with Crippen molar-refractivity contribution in [1.29, 1.82) is 0 Å². The van der Waals surface area contributed by atoms with E-state index in [1.165, 1.54) is 0 Å². The Morgan fingerprint density at radius 1 is 1.62 bits per heavy atom. The molecule has 0 aliphatic rings. The monoisotopic (exact) mass is 185 g/mol. The number of hydrogen-bond acceptors (Lipinski definition) is 4. The molecule has 1 aromatic heterocycles. The lowest BCUT2D eigenvalue weighted by atomic mass is 10.3. The number of ether oxygens (including phenoxy) is 1. The summed E-state index contributed by atoms with van der Waals surface area (Å²) >= 11 is 0. The molecule has 0 radical (unpaired) electrons. The minimum atomic E-state index is -0.185. The molecule has 0 fully saturated rings. The Labute approximate surface area is 77.5 Å². The van der Waals surface area contributed by atoms with Gasteiger partial charge in [0.2, 0.25) is 0 Å². The van der Waals surface area contributed by atoms with E-state index in [9.17, 15) is 0 Å². The van der Waals surface area contributed by atoms with Crippen LogP contribution in [0.1, 0.15) is 31.4 Å². The zero-order chi connectivity index (χ0) is 9.68. The second kappa shape index (κ2) is 5.01. The van der Waals surface area contributed by atoms with Crippen molar-refractivity contribution < 1.29 is 14.4 Å². The fourth-order valence-electron chi connectivity index (χ4n) is 0.971. The van der Waals surface area contributed by atoms with Crippen LogP contribution >= 0.6 is 0 Å². The minimum absolute atomic E-state index is 0.185. The lowest BCUT2D eigenvalue weighted by molar-refractivity contribution is 0.106. The Kier molecular flexibility index (Phi) is 3.95. The third kappa shape index (κ3) is 2.84. The Morgan fingerprint density at radius 3 is 3.00 bits per heavy atom. The van der Waals surface area contributed by atoms with Crippen LogP contribution in [-0.2, 0) is 11.3 Å². The van der Waals surface area contributed by atoms with Crippen LogP contribution in [0.15, 0.2) is 16.5 Å². The van der Waals surface area contributed by atoms with Crippen LogP contribution in [0.2, 0.25) is 0 Å². The van der Waals surface area contributed by atoms with Crippen LogP contribution < -0.4 is 5.48 Å². The van der Waals surface area contributed by atoms with Crippen molar-refractivity contribution in [2.75, 3.05) is 6.61 Å². The van der Waals surface area contributed by atoms with Gasteiger partial charge < -0.3 is 14.4 Å². The highest BCUT2D eigenvalue weighted by Gasteiger charge is 2.08. The van der Waals surface area contributed by atoms with E-state index >= 15 is 0 Å². The van der Waals surface area contributed by atoms with Gasteiger partial charge in [-0.1, -0.05) is 0 Å².